The van der Waals surface area contributed by atoms with Gasteiger partial charge < -0.3 is 9.84 Å². The predicted octanol–water partition coefficient (Wildman–Crippen LogP) is 4.22. The first-order chi connectivity index (χ1) is 10.5. The van der Waals surface area contributed by atoms with Gasteiger partial charge in [-0.3, -0.25) is 0 Å². The molecular formula is C20H28O2. The third-order valence-corrected chi connectivity index (χ3v) is 7.19. The Morgan fingerprint density at radius 2 is 2.00 bits per heavy atom. The van der Waals surface area contributed by atoms with Gasteiger partial charge in [-0.1, -0.05) is 6.92 Å². The van der Waals surface area contributed by atoms with E-state index in [4.69, 9.17) is 4.74 Å². The largest absolute Gasteiger partial charge is 0.497 e. The molecule has 4 rings (SSSR count). The first-order valence-corrected chi connectivity index (χ1v) is 8.90. The van der Waals surface area contributed by atoms with Crippen LogP contribution in [-0.4, -0.2) is 18.3 Å². The molecule has 0 bridgehead atoms. The van der Waals surface area contributed by atoms with Crippen molar-refractivity contribution in [2.75, 3.05) is 7.11 Å². The summed E-state index contributed by atoms with van der Waals surface area (Å²) in [6.07, 6.45) is 7.06. The fourth-order valence-electron chi connectivity index (χ4n) is 6.03. The number of methoxy groups -OCH3 is 1. The van der Waals surface area contributed by atoms with Crippen LogP contribution in [0.1, 0.15) is 61.6 Å². The highest BCUT2D eigenvalue weighted by molar-refractivity contribution is 5.46. The van der Waals surface area contributed by atoms with E-state index in [9.17, 15) is 5.11 Å². The average molecular weight is 300 g/mol. The van der Waals surface area contributed by atoms with E-state index in [1.165, 1.54) is 43.2 Å². The molecule has 5 atom stereocenters. The molecule has 0 radical (unpaired) electrons. The lowest BCUT2D eigenvalue weighted by atomic mass is 9.55. The number of rotatable bonds is 1. The van der Waals surface area contributed by atoms with Gasteiger partial charge in [0.05, 0.1) is 13.2 Å². The lowest BCUT2D eigenvalue weighted by molar-refractivity contribution is -0.0227. The van der Waals surface area contributed by atoms with Crippen LogP contribution >= 0.6 is 0 Å². The molecule has 1 aromatic rings. The summed E-state index contributed by atoms with van der Waals surface area (Å²) in [5.41, 5.74) is 4.71. The second kappa shape index (κ2) is 4.99. The molecule has 3 aliphatic rings. The molecule has 1 aromatic carbocycles. The van der Waals surface area contributed by atoms with Crippen LogP contribution in [0.4, 0.5) is 0 Å². The second-order valence-corrected chi connectivity index (χ2v) is 8.07. The maximum absolute atomic E-state index is 10.5. The molecule has 0 unspecified atom stereocenters. The van der Waals surface area contributed by atoms with Crippen LogP contribution in [0.25, 0.3) is 0 Å². The maximum atomic E-state index is 10.5. The first-order valence-electron chi connectivity index (χ1n) is 8.90. The van der Waals surface area contributed by atoms with Crippen LogP contribution in [0.2, 0.25) is 0 Å². The third kappa shape index (κ3) is 1.89. The van der Waals surface area contributed by atoms with Gasteiger partial charge in [0.2, 0.25) is 0 Å². The Hall–Kier alpha value is -1.02. The summed E-state index contributed by atoms with van der Waals surface area (Å²) in [5, 5.41) is 10.5. The molecule has 2 heteroatoms. The van der Waals surface area contributed by atoms with Crippen molar-refractivity contribution in [3.8, 4) is 5.75 Å². The number of aryl methyl sites for hydroxylation is 2. The molecule has 0 amide bonds. The van der Waals surface area contributed by atoms with Crippen molar-refractivity contribution < 1.29 is 9.84 Å². The standard InChI is InChI=1S/C20H28O2/c1-12-10-14(22-3)11-13-4-5-15-16(19(12)13)8-9-20(2)17(15)6-7-18(20)21/h10-11,15-18,21H,4-9H2,1-3H3/t15-,16+,17+,18+,20-/m0/s1. The molecule has 1 N–H and O–H groups in total. The summed E-state index contributed by atoms with van der Waals surface area (Å²) >= 11 is 0. The molecule has 22 heavy (non-hydrogen) atoms. The molecule has 3 aliphatic carbocycles. The molecule has 120 valence electrons. The molecule has 2 fully saturated rings. The van der Waals surface area contributed by atoms with E-state index in [0.29, 0.717) is 5.92 Å². The van der Waals surface area contributed by atoms with Gasteiger partial charge >= 0.3 is 0 Å². The molecule has 2 saturated carbocycles. The third-order valence-electron chi connectivity index (χ3n) is 7.19. The molecular weight excluding hydrogens is 272 g/mol. The van der Waals surface area contributed by atoms with E-state index in [0.717, 1.165) is 24.0 Å². The molecule has 0 heterocycles. The number of fused-ring (bicyclic) bond motifs is 5. The van der Waals surface area contributed by atoms with Gasteiger partial charge in [0.15, 0.2) is 0 Å². The summed E-state index contributed by atoms with van der Waals surface area (Å²) in [6, 6.07) is 4.47. The van der Waals surface area contributed by atoms with Gasteiger partial charge in [-0.05, 0) is 97.4 Å². The van der Waals surface area contributed by atoms with E-state index >= 15 is 0 Å². The molecule has 0 aromatic heterocycles. The fourth-order valence-corrected chi connectivity index (χ4v) is 6.03. The second-order valence-electron chi connectivity index (χ2n) is 8.07. The van der Waals surface area contributed by atoms with Crippen LogP contribution in [0.15, 0.2) is 12.1 Å². The number of benzene rings is 1. The SMILES string of the molecule is COc1cc(C)c2c(c1)CC[C@@H]1[C@H]3CC[C@@H](O)[C@@]3(C)CC[C@@H]21. The topological polar surface area (TPSA) is 29.5 Å². The highest BCUT2D eigenvalue weighted by Gasteiger charge is 2.54. The summed E-state index contributed by atoms with van der Waals surface area (Å²) in [7, 11) is 1.76. The Kier molecular flexibility index (Phi) is 3.30. The zero-order valence-electron chi connectivity index (χ0n) is 14.1. The van der Waals surface area contributed by atoms with Crippen LogP contribution in [0.3, 0.4) is 0 Å². The molecule has 0 spiro atoms. The van der Waals surface area contributed by atoms with Gasteiger partial charge in [-0.25, -0.2) is 0 Å². The smallest absolute Gasteiger partial charge is 0.119 e. The Morgan fingerprint density at radius 3 is 2.77 bits per heavy atom. The number of aliphatic hydroxyl groups excluding tert-OH is 1. The number of hydrogen-bond donors (Lipinski definition) is 1. The van der Waals surface area contributed by atoms with Gasteiger partial charge in [-0.15, -0.1) is 0 Å². The van der Waals surface area contributed by atoms with Crippen LogP contribution in [-0.2, 0) is 6.42 Å². The Labute approximate surface area is 133 Å². The van der Waals surface area contributed by atoms with Crippen molar-refractivity contribution in [2.45, 2.75) is 64.4 Å². The highest BCUT2D eigenvalue weighted by Crippen LogP contribution is 2.61. The first kappa shape index (κ1) is 14.6. The normalized spacial score (nSPS) is 39.8. The van der Waals surface area contributed by atoms with Crippen LogP contribution in [0.5, 0.6) is 5.75 Å². The lowest BCUT2D eigenvalue weighted by Crippen LogP contribution is -2.44. The van der Waals surface area contributed by atoms with Crippen molar-refractivity contribution in [3.05, 3.63) is 28.8 Å². The van der Waals surface area contributed by atoms with E-state index in [1.54, 1.807) is 12.7 Å². The van der Waals surface area contributed by atoms with E-state index in [-0.39, 0.29) is 11.5 Å². The van der Waals surface area contributed by atoms with E-state index < -0.39 is 0 Å². The number of ether oxygens (including phenoxy) is 1. The van der Waals surface area contributed by atoms with Gasteiger partial charge in [0.1, 0.15) is 5.75 Å². The summed E-state index contributed by atoms with van der Waals surface area (Å²) in [4.78, 5) is 0. The Morgan fingerprint density at radius 1 is 1.18 bits per heavy atom. The maximum Gasteiger partial charge on any atom is 0.119 e. The van der Waals surface area contributed by atoms with E-state index in [2.05, 4.69) is 26.0 Å². The lowest BCUT2D eigenvalue weighted by Gasteiger charge is -2.50. The fraction of sp³-hybridized carbons (Fsp3) is 0.700. The zero-order valence-corrected chi connectivity index (χ0v) is 14.1. The van der Waals surface area contributed by atoms with Gasteiger partial charge in [-0.2, -0.15) is 0 Å². The van der Waals surface area contributed by atoms with Crippen molar-refractivity contribution >= 4 is 0 Å². The zero-order chi connectivity index (χ0) is 15.5. The average Bonchev–Trinajstić information content (AvgIpc) is 2.82. The molecule has 0 aliphatic heterocycles. The Balaban J connectivity index is 1.73. The van der Waals surface area contributed by atoms with Crippen molar-refractivity contribution in [1.82, 2.24) is 0 Å². The van der Waals surface area contributed by atoms with E-state index in [1.807, 2.05) is 0 Å². The van der Waals surface area contributed by atoms with Gasteiger partial charge in [0, 0.05) is 0 Å². The van der Waals surface area contributed by atoms with Crippen LogP contribution in [0, 0.1) is 24.2 Å². The van der Waals surface area contributed by atoms with Crippen molar-refractivity contribution in [1.29, 1.82) is 0 Å². The molecule has 2 nitrogen and oxygen atoms in total. The number of aliphatic hydroxyl groups is 1. The molecule has 0 saturated heterocycles. The summed E-state index contributed by atoms with van der Waals surface area (Å²) < 4.78 is 5.46. The van der Waals surface area contributed by atoms with Gasteiger partial charge in [0.25, 0.3) is 0 Å². The summed E-state index contributed by atoms with van der Waals surface area (Å²) in [6.45, 7) is 4.60. The minimum Gasteiger partial charge on any atom is -0.497 e. The van der Waals surface area contributed by atoms with Crippen molar-refractivity contribution in [2.24, 2.45) is 17.3 Å². The van der Waals surface area contributed by atoms with Crippen LogP contribution < -0.4 is 4.74 Å². The Bertz CT molecular complexity index is 594. The predicted molar refractivity (Wildman–Crippen MR) is 88.4 cm³/mol. The summed E-state index contributed by atoms with van der Waals surface area (Å²) in [5.74, 6) is 3.20. The minimum atomic E-state index is -0.0724. The minimum absolute atomic E-state index is 0.0724. The number of hydrogen-bond acceptors (Lipinski definition) is 2. The quantitative estimate of drug-likeness (QED) is 0.841. The monoisotopic (exact) mass is 300 g/mol. The highest BCUT2D eigenvalue weighted by atomic mass is 16.5. The van der Waals surface area contributed by atoms with Crippen molar-refractivity contribution in [3.63, 3.8) is 0 Å².